The second-order valence-corrected chi connectivity index (χ2v) is 8.08. The number of fused-ring (bicyclic) bond motifs is 1. The van der Waals surface area contributed by atoms with Crippen LogP contribution in [-0.4, -0.2) is 42.1 Å². The van der Waals surface area contributed by atoms with Crippen LogP contribution in [0.25, 0.3) is 16.3 Å². The molecule has 1 fully saturated rings. The lowest BCUT2D eigenvalue weighted by Gasteiger charge is -2.38. The molecule has 0 amide bonds. The Balaban J connectivity index is 1.29. The maximum absolute atomic E-state index is 13.6. The molecule has 2 aliphatic rings. The summed E-state index contributed by atoms with van der Waals surface area (Å²) in [6, 6.07) is 11.9. The summed E-state index contributed by atoms with van der Waals surface area (Å²) in [5, 5.41) is 1.57. The summed E-state index contributed by atoms with van der Waals surface area (Å²) in [6.07, 6.45) is 6.08. The van der Waals surface area contributed by atoms with E-state index in [1.807, 2.05) is 18.2 Å². The van der Waals surface area contributed by atoms with E-state index >= 15 is 0 Å². The zero-order chi connectivity index (χ0) is 20.7. The van der Waals surface area contributed by atoms with E-state index in [4.69, 9.17) is 5.73 Å². The molecule has 6 heteroatoms. The van der Waals surface area contributed by atoms with E-state index in [0.717, 1.165) is 61.2 Å². The summed E-state index contributed by atoms with van der Waals surface area (Å²) in [7, 11) is 0. The van der Waals surface area contributed by atoms with Crippen LogP contribution >= 0.6 is 0 Å². The first-order valence-electron chi connectivity index (χ1n) is 10.4. The highest BCUT2D eigenvalue weighted by Crippen LogP contribution is 2.33. The summed E-state index contributed by atoms with van der Waals surface area (Å²) in [4.78, 5) is 9.38. The highest BCUT2D eigenvalue weighted by Gasteiger charge is 2.27. The number of pyridine rings is 1. The number of benzene rings is 2. The fourth-order valence-corrected chi connectivity index (χ4v) is 4.59. The van der Waals surface area contributed by atoms with Gasteiger partial charge in [-0.15, -0.1) is 0 Å². The molecular weight excluding hydrogens is 382 g/mol. The minimum absolute atomic E-state index is 0.199. The fraction of sp³-hybridized carbons (Fsp3) is 0.292. The van der Waals surface area contributed by atoms with Crippen molar-refractivity contribution in [3.63, 3.8) is 0 Å². The second kappa shape index (κ2) is 7.69. The molecule has 0 unspecified atom stereocenters. The van der Waals surface area contributed by atoms with Gasteiger partial charge in [0, 0.05) is 60.6 Å². The van der Waals surface area contributed by atoms with Gasteiger partial charge in [0.1, 0.15) is 11.6 Å². The molecule has 154 valence electrons. The van der Waals surface area contributed by atoms with Crippen LogP contribution < -0.4 is 10.6 Å². The van der Waals surface area contributed by atoms with Crippen LogP contribution in [-0.2, 0) is 0 Å². The van der Waals surface area contributed by atoms with Crippen molar-refractivity contribution < 1.29 is 8.78 Å². The zero-order valence-corrected chi connectivity index (χ0v) is 16.7. The minimum Gasteiger partial charge on any atom is -0.398 e. The van der Waals surface area contributed by atoms with E-state index < -0.39 is 0 Å². The molecule has 0 saturated carbocycles. The normalized spacial score (nSPS) is 20.0. The van der Waals surface area contributed by atoms with Crippen LogP contribution in [0.2, 0.25) is 0 Å². The lowest BCUT2D eigenvalue weighted by atomic mass is 10.1. The molecule has 0 bridgehead atoms. The number of aromatic nitrogens is 1. The maximum Gasteiger partial charge on any atom is 0.125 e. The first kappa shape index (κ1) is 19.0. The van der Waals surface area contributed by atoms with Gasteiger partial charge >= 0.3 is 0 Å². The van der Waals surface area contributed by atoms with Crippen LogP contribution in [0.4, 0.5) is 20.2 Å². The van der Waals surface area contributed by atoms with Gasteiger partial charge in [0.25, 0.3) is 0 Å². The van der Waals surface area contributed by atoms with Crippen molar-refractivity contribution >= 4 is 27.7 Å². The third kappa shape index (κ3) is 3.63. The molecule has 1 aliphatic carbocycles. The number of halogens is 2. The standard InChI is InChI=1S/C24H24F2N4/c25-18-2-5-20(6-3-18)29-7-9-30(10-8-29)21-4-1-16(12-21)24-14-22-17(15-28-24)11-19(26)13-23(22)27/h2-3,5-6,11-15,21H,1,4,7-10,27H2/t21-/m1/s1. The van der Waals surface area contributed by atoms with Crippen molar-refractivity contribution in [3.8, 4) is 0 Å². The highest BCUT2D eigenvalue weighted by molar-refractivity contribution is 5.94. The molecule has 1 saturated heterocycles. The minimum atomic E-state index is -0.338. The van der Waals surface area contributed by atoms with Crippen molar-refractivity contribution in [2.24, 2.45) is 0 Å². The van der Waals surface area contributed by atoms with E-state index in [9.17, 15) is 8.78 Å². The number of nitrogens with two attached hydrogens (primary N) is 1. The lowest BCUT2D eigenvalue weighted by molar-refractivity contribution is 0.214. The Bertz CT molecular complexity index is 1100. The number of hydrogen-bond acceptors (Lipinski definition) is 4. The highest BCUT2D eigenvalue weighted by atomic mass is 19.1. The predicted molar refractivity (Wildman–Crippen MR) is 117 cm³/mol. The molecule has 2 N–H and O–H groups in total. The topological polar surface area (TPSA) is 45.4 Å². The number of anilines is 2. The fourth-order valence-electron chi connectivity index (χ4n) is 4.59. The Labute approximate surface area is 174 Å². The van der Waals surface area contributed by atoms with Crippen LogP contribution in [0.15, 0.2) is 54.7 Å². The molecule has 5 rings (SSSR count). The Morgan fingerprint density at radius 3 is 2.47 bits per heavy atom. The molecule has 1 aromatic heterocycles. The molecule has 2 aromatic carbocycles. The molecule has 1 aliphatic heterocycles. The van der Waals surface area contributed by atoms with Crippen LogP contribution in [0.3, 0.4) is 0 Å². The first-order valence-corrected chi connectivity index (χ1v) is 10.4. The smallest absolute Gasteiger partial charge is 0.125 e. The Kier molecular flexibility index (Phi) is 4.87. The van der Waals surface area contributed by atoms with E-state index in [-0.39, 0.29) is 11.6 Å². The number of rotatable bonds is 3. The van der Waals surface area contributed by atoms with Crippen molar-refractivity contribution in [1.82, 2.24) is 9.88 Å². The molecule has 30 heavy (non-hydrogen) atoms. The van der Waals surface area contributed by atoms with Gasteiger partial charge in [-0.05, 0) is 60.9 Å². The lowest BCUT2D eigenvalue weighted by Crippen LogP contribution is -2.49. The molecule has 0 radical (unpaired) electrons. The maximum atomic E-state index is 13.6. The van der Waals surface area contributed by atoms with Crippen molar-refractivity contribution in [1.29, 1.82) is 0 Å². The third-order valence-electron chi connectivity index (χ3n) is 6.24. The average Bonchev–Trinajstić information content (AvgIpc) is 3.24. The van der Waals surface area contributed by atoms with Crippen LogP contribution in [0, 0.1) is 11.6 Å². The Morgan fingerprint density at radius 1 is 0.933 bits per heavy atom. The second-order valence-electron chi connectivity index (χ2n) is 8.08. The number of piperazine rings is 1. The summed E-state index contributed by atoms with van der Waals surface area (Å²) < 4.78 is 26.7. The monoisotopic (exact) mass is 406 g/mol. The molecule has 2 heterocycles. The van der Waals surface area contributed by atoms with Gasteiger partial charge < -0.3 is 10.6 Å². The molecule has 0 spiro atoms. The number of allylic oxidation sites excluding steroid dienone is 1. The zero-order valence-electron chi connectivity index (χ0n) is 16.7. The Hall–Kier alpha value is -2.99. The van der Waals surface area contributed by atoms with Crippen molar-refractivity contribution in [3.05, 3.63) is 72.1 Å². The first-order chi connectivity index (χ1) is 14.6. The number of nitrogens with zero attached hydrogens (tertiary/aromatic N) is 3. The molecular formula is C24H24F2N4. The molecule has 4 nitrogen and oxygen atoms in total. The van der Waals surface area contributed by atoms with Crippen molar-refractivity contribution in [2.45, 2.75) is 18.9 Å². The van der Waals surface area contributed by atoms with Gasteiger partial charge in [0.2, 0.25) is 0 Å². The van der Waals surface area contributed by atoms with E-state index in [1.165, 1.54) is 29.8 Å². The summed E-state index contributed by atoms with van der Waals surface area (Å²) in [5.41, 5.74) is 9.69. The van der Waals surface area contributed by atoms with E-state index in [0.29, 0.717) is 11.7 Å². The molecule has 3 aromatic rings. The van der Waals surface area contributed by atoms with Crippen LogP contribution in [0.1, 0.15) is 18.5 Å². The third-order valence-corrected chi connectivity index (χ3v) is 6.24. The van der Waals surface area contributed by atoms with Gasteiger partial charge in [-0.25, -0.2) is 8.78 Å². The predicted octanol–water partition coefficient (Wildman–Crippen LogP) is 4.46. The summed E-state index contributed by atoms with van der Waals surface area (Å²) in [5.74, 6) is -0.537. The Morgan fingerprint density at radius 2 is 1.70 bits per heavy atom. The van der Waals surface area contributed by atoms with E-state index in [2.05, 4.69) is 20.9 Å². The van der Waals surface area contributed by atoms with Crippen molar-refractivity contribution in [2.75, 3.05) is 36.8 Å². The summed E-state index contributed by atoms with van der Waals surface area (Å²) in [6.45, 7) is 3.82. The largest absolute Gasteiger partial charge is 0.398 e. The number of nitrogen functional groups attached to an aromatic ring is 1. The summed E-state index contributed by atoms with van der Waals surface area (Å²) >= 11 is 0. The van der Waals surface area contributed by atoms with Gasteiger partial charge in [-0.3, -0.25) is 9.88 Å². The molecule has 1 atom stereocenters. The van der Waals surface area contributed by atoms with Crippen LogP contribution in [0.5, 0.6) is 0 Å². The van der Waals surface area contributed by atoms with Gasteiger partial charge in [-0.1, -0.05) is 6.08 Å². The number of hydrogen-bond donors (Lipinski definition) is 1. The van der Waals surface area contributed by atoms with Gasteiger partial charge in [-0.2, -0.15) is 0 Å². The van der Waals surface area contributed by atoms with Gasteiger partial charge in [0.05, 0.1) is 5.69 Å². The van der Waals surface area contributed by atoms with Gasteiger partial charge in [0.15, 0.2) is 0 Å². The quantitative estimate of drug-likeness (QED) is 0.652. The average molecular weight is 406 g/mol. The van der Waals surface area contributed by atoms with E-state index in [1.54, 1.807) is 6.20 Å². The SMILES string of the molecule is Nc1cc(F)cc2cnc(C3=C[C@H](N4CCN(c5ccc(F)cc5)CC4)CC3)cc12.